The van der Waals surface area contributed by atoms with Crippen molar-refractivity contribution >= 4 is 185 Å². The molecule has 0 aliphatic carbocycles. The van der Waals surface area contributed by atoms with E-state index < -0.39 is 0 Å². The molecule has 0 atom stereocenters. The number of furan rings is 4. The van der Waals surface area contributed by atoms with Crippen molar-refractivity contribution < 1.29 is 17.7 Å². The van der Waals surface area contributed by atoms with Crippen molar-refractivity contribution in [2.75, 3.05) is 0 Å². The Balaban J connectivity index is 0.616. The summed E-state index contributed by atoms with van der Waals surface area (Å²) in [6.45, 7) is 0. The molecule has 0 aliphatic rings. The van der Waals surface area contributed by atoms with Gasteiger partial charge in [0.05, 0.1) is 0 Å². The minimum absolute atomic E-state index is 0.841. The molecule has 0 bridgehead atoms. The SMILES string of the molecule is c1ccc(-c2ccc3c(-c4ccc5oc6cc7ccccc7cc6c5c4)c4ccccc4c(-c4ccc5oc6cc7c(-c8cccc9cc%10c(cc89)oc8ccc(-c9c%11ccccc%11c(-c%11ccc%12oc%13cc%14ccccc%14cc%13c%12c%11)c%11cc(-c%12ccc%13ccccc%13c%12)ccc9%11)cc8%10)cccc7cc6c5c4)c3c2)cc1. The van der Waals surface area contributed by atoms with Gasteiger partial charge in [0.2, 0.25) is 0 Å². The van der Waals surface area contributed by atoms with Crippen LogP contribution in [0.25, 0.3) is 263 Å². The van der Waals surface area contributed by atoms with E-state index in [2.05, 4.69) is 364 Å². The normalized spacial score (nSPS) is 12.3. The van der Waals surface area contributed by atoms with Crippen molar-refractivity contribution in [1.82, 2.24) is 0 Å². The molecule has 0 radical (unpaired) electrons. The molecule has 0 amide bonds. The molecule has 0 aliphatic heterocycles. The molecule has 4 heterocycles. The second kappa shape index (κ2) is 23.3. The molecule has 0 unspecified atom stereocenters. The molecule has 4 nitrogen and oxygen atoms in total. The zero-order valence-electron chi connectivity index (χ0n) is 60.3. The Morgan fingerprint density at radius 2 is 0.393 bits per heavy atom. The molecule has 25 rings (SSSR count). The van der Waals surface area contributed by atoms with Crippen LogP contribution in [0.4, 0.5) is 0 Å². The van der Waals surface area contributed by atoms with Gasteiger partial charge < -0.3 is 17.7 Å². The van der Waals surface area contributed by atoms with E-state index in [0.717, 1.165) is 159 Å². The maximum atomic E-state index is 7.00. The summed E-state index contributed by atoms with van der Waals surface area (Å²) in [4.78, 5) is 0. The number of fused-ring (bicyclic) bond motifs is 21. The van der Waals surface area contributed by atoms with Crippen LogP contribution >= 0.6 is 0 Å². The molecule has 0 fully saturated rings. The van der Waals surface area contributed by atoms with Crippen molar-refractivity contribution in [2.45, 2.75) is 0 Å². The number of benzene rings is 21. The highest BCUT2D eigenvalue weighted by atomic mass is 16.3. The lowest BCUT2D eigenvalue weighted by molar-refractivity contribution is 0.669. The fourth-order valence-corrected chi connectivity index (χ4v) is 19.1. The van der Waals surface area contributed by atoms with E-state index in [0.29, 0.717) is 0 Å². The van der Waals surface area contributed by atoms with Crippen LogP contribution in [0.1, 0.15) is 0 Å². The first kappa shape index (κ1) is 61.2. The molecule has 0 saturated carbocycles. The third-order valence-corrected chi connectivity index (χ3v) is 24.3. The van der Waals surface area contributed by atoms with E-state index in [9.17, 15) is 0 Å². The summed E-state index contributed by atoms with van der Waals surface area (Å²) >= 11 is 0. The zero-order chi connectivity index (χ0) is 73.0. The predicted molar refractivity (Wildman–Crippen MR) is 471 cm³/mol. The summed E-state index contributed by atoms with van der Waals surface area (Å²) in [5.74, 6) is 0. The molecule has 112 heavy (non-hydrogen) atoms. The lowest BCUT2D eigenvalue weighted by Gasteiger charge is -2.19. The molecule has 21 aromatic carbocycles. The monoisotopic (exact) mass is 1420 g/mol. The van der Waals surface area contributed by atoms with Crippen molar-refractivity contribution in [3.05, 3.63) is 364 Å². The van der Waals surface area contributed by atoms with Gasteiger partial charge in [-0.15, -0.1) is 0 Å². The minimum Gasteiger partial charge on any atom is -0.456 e. The Morgan fingerprint density at radius 1 is 0.116 bits per heavy atom. The van der Waals surface area contributed by atoms with Crippen LogP contribution in [-0.2, 0) is 0 Å². The molecule has 0 N–H and O–H groups in total. The van der Waals surface area contributed by atoms with Crippen molar-refractivity contribution in [2.24, 2.45) is 0 Å². The van der Waals surface area contributed by atoms with Gasteiger partial charge in [-0.1, -0.05) is 249 Å². The average molecular weight is 1420 g/mol. The van der Waals surface area contributed by atoms with E-state index in [4.69, 9.17) is 17.7 Å². The van der Waals surface area contributed by atoms with E-state index in [1.807, 2.05) is 0 Å². The topological polar surface area (TPSA) is 52.6 Å². The quantitative estimate of drug-likeness (QED) is 0.149. The van der Waals surface area contributed by atoms with Crippen molar-refractivity contribution in [3.63, 3.8) is 0 Å². The fourth-order valence-electron chi connectivity index (χ4n) is 19.1. The molecular weight excluding hydrogens is 1360 g/mol. The van der Waals surface area contributed by atoms with Crippen LogP contribution in [-0.4, -0.2) is 0 Å². The highest BCUT2D eigenvalue weighted by Gasteiger charge is 2.25. The fraction of sp³-hybridized carbons (Fsp3) is 0. The van der Waals surface area contributed by atoms with E-state index in [1.54, 1.807) is 0 Å². The minimum atomic E-state index is 0.841. The summed E-state index contributed by atoms with van der Waals surface area (Å²) in [6.07, 6.45) is 0. The van der Waals surface area contributed by atoms with Crippen LogP contribution in [0.5, 0.6) is 0 Å². The number of hydrogen-bond donors (Lipinski definition) is 0. The molecule has 516 valence electrons. The molecular formula is C108H60O4. The van der Waals surface area contributed by atoms with Crippen LogP contribution in [0.15, 0.2) is 382 Å². The van der Waals surface area contributed by atoms with Gasteiger partial charge >= 0.3 is 0 Å². The van der Waals surface area contributed by atoms with Gasteiger partial charge in [0.1, 0.15) is 44.7 Å². The predicted octanol–water partition coefficient (Wildman–Crippen LogP) is 31.3. The van der Waals surface area contributed by atoms with Gasteiger partial charge in [0, 0.05) is 43.1 Å². The smallest absolute Gasteiger partial charge is 0.136 e. The van der Waals surface area contributed by atoms with Crippen molar-refractivity contribution in [3.8, 4) is 77.9 Å². The Hall–Kier alpha value is -14.8. The van der Waals surface area contributed by atoms with Crippen LogP contribution in [0, 0.1) is 0 Å². The average Bonchev–Trinajstić information content (AvgIpc) is 1.29. The third-order valence-electron chi connectivity index (χ3n) is 24.3. The lowest BCUT2D eigenvalue weighted by atomic mass is 9.84. The molecule has 0 saturated heterocycles. The summed E-state index contributed by atoms with van der Waals surface area (Å²) in [5, 5.41) is 29.8. The van der Waals surface area contributed by atoms with E-state index >= 15 is 0 Å². The lowest BCUT2D eigenvalue weighted by Crippen LogP contribution is -1.92. The second-order valence-corrected chi connectivity index (χ2v) is 30.4. The zero-order valence-corrected chi connectivity index (χ0v) is 60.3. The summed E-state index contributed by atoms with van der Waals surface area (Å²) < 4.78 is 27.2. The maximum absolute atomic E-state index is 7.00. The summed E-state index contributed by atoms with van der Waals surface area (Å²) in [5.41, 5.74) is 23.1. The third kappa shape index (κ3) is 9.18. The number of hydrogen-bond acceptors (Lipinski definition) is 4. The highest BCUT2D eigenvalue weighted by molar-refractivity contribution is 6.27. The van der Waals surface area contributed by atoms with Gasteiger partial charge in [-0.05, 0) is 290 Å². The Kier molecular flexibility index (Phi) is 12.8. The van der Waals surface area contributed by atoms with Gasteiger partial charge in [-0.2, -0.15) is 0 Å². The molecule has 4 aromatic heterocycles. The summed E-state index contributed by atoms with van der Waals surface area (Å²) in [7, 11) is 0. The first-order valence-electron chi connectivity index (χ1n) is 38.5. The summed E-state index contributed by atoms with van der Waals surface area (Å²) in [6, 6.07) is 134. The van der Waals surface area contributed by atoms with Gasteiger partial charge in [0.15, 0.2) is 0 Å². The first-order valence-corrected chi connectivity index (χ1v) is 38.5. The van der Waals surface area contributed by atoms with E-state index in [-0.39, 0.29) is 0 Å². The molecule has 4 heteroatoms. The van der Waals surface area contributed by atoms with Crippen LogP contribution in [0.2, 0.25) is 0 Å². The standard InChI is InChI=1S/C108H60O4/c1-2-16-61(17-3-1)69-34-40-83-95(49-69)107(81-28-12-10-26-79(81)105(83)73-36-42-97-87(53-73)91-47-64-20-6-8-22-66(64)57-101(91)109-97)76-39-45-100-90(56-76)94-52-72-25-15-31-78(86(72)60-104(94)112-100)77-30-14-24-71-51-93-89-54-74(37-43-99(89)111-103(93)59-85(71)77)106-80-27-11-13-29-82(80)108(96-50-70(35-41-84(96)106)68-33-32-62-18-4-5-19-63(62)46-68)75-38-44-98-88(55-75)92-48-65-21-7-9-23-67(65)58-102(92)110-98/h1-60H. The maximum Gasteiger partial charge on any atom is 0.136 e. The molecule has 0 spiro atoms. The van der Waals surface area contributed by atoms with Crippen LogP contribution in [0.3, 0.4) is 0 Å². The van der Waals surface area contributed by atoms with Crippen LogP contribution < -0.4 is 0 Å². The Labute approximate surface area is 640 Å². The Morgan fingerprint density at radius 3 is 0.812 bits per heavy atom. The highest BCUT2D eigenvalue weighted by Crippen LogP contribution is 2.52. The number of rotatable bonds is 7. The van der Waals surface area contributed by atoms with Crippen molar-refractivity contribution in [1.29, 1.82) is 0 Å². The first-order chi connectivity index (χ1) is 55.4. The Bertz CT molecular complexity index is 8450. The molecule has 25 aromatic rings. The van der Waals surface area contributed by atoms with Gasteiger partial charge in [-0.3, -0.25) is 0 Å². The van der Waals surface area contributed by atoms with E-state index in [1.165, 1.54) is 103 Å². The van der Waals surface area contributed by atoms with Gasteiger partial charge in [0.25, 0.3) is 0 Å². The largest absolute Gasteiger partial charge is 0.456 e. The second-order valence-electron chi connectivity index (χ2n) is 30.4. The van der Waals surface area contributed by atoms with Gasteiger partial charge in [-0.25, -0.2) is 0 Å².